The van der Waals surface area contributed by atoms with Crippen molar-refractivity contribution in [3.63, 3.8) is 0 Å². The molecule has 0 spiro atoms. The Hall–Kier alpha value is -3.12. The van der Waals surface area contributed by atoms with Crippen molar-refractivity contribution in [3.8, 4) is 5.75 Å². The number of Topliss-reactive ketones (excluding diaryl/α,β-unsaturated/α-hetero) is 1. The highest BCUT2D eigenvalue weighted by atomic mass is 16.5. The van der Waals surface area contributed by atoms with E-state index in [1.165, 1.54) is 4.90 Å². The molecule has 1 atom stereocenters. The number of benzene rings is 2. The number of likely N-dealkylation sites (tertiary alicyclic amines) is 1. The molecule has 1 aliphatic heterocycles. The molecule has 1 heterocycles. The minimum Gasteiger partial charge on any atom is -0.507 e. The summed E-state index contributed by atoms with van der Waals surface area (Å²) in [5.74, 6) is -0.809. The lowest BCUT2D eigenvalue weighted by Crippen LogP contribution is -2.31. The second-order valence-electron chi connectivity index (χ2n) is 7.44. The predicted molar refractivity (Wildman–Crippen MR) is 114 cm³/mol. The van der Waals surface area contributed by atoms with Crippen LogP contribution < -0.4 is 4.74 Å². The van der Waals surface area contributed by atoms with Crippen molar-refractivity contribution >= 4 is 17.4 Å². The molecule has 3 rings (SSSR count). The highest BCUT2D eigenvalue weighted by Gasteiger charge is 2.45. The van der Waals surface area contributed by atoms with E-state index in [-0.39, 0.29) is 17.4 Å². The highest BCUT2D eigenvalue weighted by molar-refractivity contribution is 6.46. The van der Waals surface area contributed by atoms with Crippen molar-refractivity contribution in [2.45, 2.75) is 32.4 Å². The summed E-state index contributed by atoms with van der Waals surface area (Å²) in [4.78, 5) is 27.2. The Morgan fingerprint density at radius 1 is 1.07 bits per heavy atom. The standard InChI is InChI=1S/C24H27NO5/c1-16(2)30-19-12-10-18(11-13-19)22(26)20-21(17-8-5-4-6-9-17)25(14-7-15-29-3)24(28)23(20)27/h4-6,8-13,16,21,26H,7,14-15H2,1-3H3/b22-20+. The summed E-state index contributed by atoms with van der Waals surface area (Å²) in [5, 5.41) is 11.0. The van der Waals surface area contributed by atoms with Crippen LogP contribution in [0, 0.1) is 0 Å². The van der Waals surface area contributed by atoms with Crippen LogP contribution in [0.15, 0.2) is 60.2 Å². The summed E-state index contributed by atoms with van der Waals surface area (Å²) in [6.45, 7) is 4.69. The monoisotopic (exact) mass is 409 g/mol. The van der Waals surface area contributed by atoms with Gasteiger partial charge in [0.25, 0.3) is 11.7 Å². The van der Waals surface area contributed by atoms with Crippen LogP contribution in [-0.2, 0) is 14.3 Å². The molecule has 1 unspecified atom stereocenters. The average Bonchev–Trinajstić information content (AvgIpc) is 2.99. The van der Waals surface area contributed by atoms with E-state index in [0.29, 0.717) is 30.9 Å². The Kier molecular flexibility index (Phi) is 6.90. The molecule has 0 aromatic heterocycles. The minimum atomic E-state index is -0.679. The number of methoxy groups -OCH3 is 1. The van der Waals surface area contributed by atoms with E-state index in [2.05, 4.69) is 0 Å². The summed E-state index contributed by atoms with van der Waals surface area (Å²) < 4.78 is 10.7. The molecule has 0 aliphatic carbocycles. The van der Waals surface area contributed by atoms with Crippen molar-refractivity contribution in [2.75, 3.05) is 20.3 Å². The molecule has 0 bridgehead atoms. The lowest BCUT2D eigenvalue weighted by atomic mass is 9.95. The summed E-state index contributed by atoms with van der Waals surface area (Å²) in [6.07, 6.45) is 0.619. The van der Waals surface area contributed by atoms with Gasteiger partial charge in [-0.1, -0.05) is 30.3 Å². The van der Waals surface area contributed by atoms with Gasteiger partial charge in [0, 0.05) is 25.8 Å². The lowest BCUT2D eigenvalue weighted by molar-refractivity contribution is -0.140. The van der Waals surface area contributed by atoms with E-state index >= 15 is 0 Å². The Balaban J connectivity index is 2.02. The largest absolute Gasteiger partial charge is 0.507 e. The molecular weight excluding hydrogens is 382 g/mol. The number of hydrogen-bond donors (Lipinski definition) is 1. The number of hydrogen-bond acceptors (Lipinski definition) is 5. The Labute approximate surface area is 176 Å². The zero-order valence-electron chi connectivity index (χ0n) is 17.5. The van der Waals surface area contributed by atoms with Gasteiger partial charge in [0.2, 0.25) is 0 Å². The first-order chi connectivity index (χ1) is 14.4. The summed E-state index contributed by atoms with van der Waals surface area (Å²) in [7, 11) is 1.59. The molecule has 0 saturated carbocycles. The van der Waals surface area contributed by atoms with Gasteiger partial charge < -0.3 is 19.5 Å². The van der Waals surface area contributed by atoms with Gasteiger partial charge in [-0.3, -0.25) is 9.59 Å². The van der Waals surface area contributed by atoms with Crippen LogP contribution in [0.25, 0.3) is 5.76 Å². The van der Waals surface area contributed by atoms with Crippen LogP contribution in [0.2, 0.25) is 0 Å². The number of nitrogens with zero attached hydrogens (tertiary/aromatic N) is 1. The van der Waals surface area contributed by atoms with Crippen molar-refractivity contribution in [3.05, 3.63) is 71.3 Å². The number of aliphatic hydroxyl groups excluding tert-OH is 1. The Morgan fingerprint density at radius 3 is 2.33 bits per heavy atom. The van der Waals surface area contributed by atoms with Crippen molar-refractivity contribution in [1.29, 1.82) is 0 Å². The molecule has 1 aliphatic rings. The van der Waals surface area contributed by atoms with Gasteiger partial charge in [-0.15, -0.1) is 0 Å². The Bertz CT molecular complexity index is 918. The first-order valence-electron chi connectivity index (χ1n) is 10.0. The van der Waals surface area contributed by atoms with Crippen LogP contribution in [-0.4, -0.2) is 48.1 Å². The maximum Gasteiger partial charge on any atom is 0.295 e. The van der Waals surface area contributed by atoms with Crippen molar-refractivity contribution in [1.82, 2.24) is 4.90 Å². The number of amides is 1. The number of ketones is 1. The molecule has 30 heavy (non-hydrogen) atoms. The van der Waals surface area contributed by atoms with Crippen LogP contribution in [0.5, 0.6) is 5.75 Å². The molecule has 2 aromatic rings. The zero-order valence-corrected chi connectivity index (χ0v) is 17.5. The second-order valence-corrected chi connectivity index (χ2v) is 7.44. The van der Waals surface area contributed by atoms with Gasteiger partial charge in [0.05, 0.1) is 17.7 Å². The molecule has 1 amide bonds. The van der Waals surface area contributed by atoms with Gasteiger partial charge in [-0.25, -0.2) is 0 Å². The number of aliphatic hydroxyl groups is 1. The number of rotatable bonds is 8. The molecule has 1 N–H and O–H groups in total. The minimum absolute atomic E-state index is 0.0277. The maximum atomic E-state index is 12.9. The third kappa shape index (κ3) is 4.54. The van der Waals surface area contributed by atoms with Gasteiger partial charge in [0.1, 0.15) is 11.5 Å². The maximum absolute atomic E-state index is 12.9. The van der Waals surface area contributed by atoms with Crippen LogP contribution >= 0.6 is 0 Å². The second kappa shape index (κ2) is 9.59. The summed E-state index contributed by atoms with van der Waals surface area (Å²) in [6, 6.07) is 15.5. The molecular formula is C24H27NO5. The molecule has 2 aromatic carbocycles. The first kappa shape index (κ1) is 21.6. The van der Waals surface area contributed by atoms with Crippen molar-refractivity contribution < 1.29 is 24.2 Å². The molecule has 0 radical (unpaired) electrons. The molecule has 6 nitrogen and oxygen atoms in total. The number of carbonyl (C=O) groups excluding carboxylic acids is 2. The number of ether oxygens (including phenoxy) is 2. The summed E-state index contributed by atoms with van der Waals surface area (Å²) in [5.41, 5.74) is 1.33. The smallest absolute Gasteiger partial charge is 0.295 e. The Morgan fingerprint density at radius 2 is 1.73 bits per heavy atom. The SMILES string of the molecule is COCCCN1C(=O)C(=O)/C(=C(/O)c2ccc(OC(C)C)cc2)C1c1ccccc1. The van der Waals surface area contributed by atoms with E-state index in [0.717, 1.165) is 5.56 Å². The fourth-order valence-electron chi connectivity index (χ4n) is 3.59. The van der Waals surface area contributed by atoms with E-state index in [9.17, 15) is 14.7 Å². The van der Waals surface area contributed by atoms with Crippen LogP contribution in [0.1, 0.15) is 37.4 Å². The zero-order chi connectivity index (χ0) is 21.7. The van der Waals surface area contributed by atoms with E-state index in [1.54, 1.807) is 31.4 Å². The molecule has 158 valence electrons. The van der Waals surface area contributed by atoms with Gasteiger partial charge >= 0.3 is 0 Å². The normalized spacial score (nSPS) is 18.3. The third-order valence-electron chi connectivity index (χ3n) is 4.90. The first-order valence-corrected chi connectivity index (χ1v) is 10.0. The van der Waals surface area contributed by atoms with Gasteiger partial charge in [-0.05, 0) is 50.1 Å². The quantitative estimate of drug-likeness (QED) is 0.309. The fourth-order valence-corrected chi connectivity index (χ4v) is 3.59. The lowest BCUT2D eigenvalue weighted by Gasteiger charge is -2.25. The van der Waals surface area contributed by atoms with Gasteiger partial charge in [-0.2, -0.15) is 0 Å². The molecule has 1 fully saturated rings. The third-order valence-corrected chi connectivity index (χ3v) is 4.90. The van der Waals surface area contributed by atoms with E-state index in [1.807, 2.05) is 44.2 Å². The van der Waals surface area contributed by atoms with Crippen LogP contribution in [0.4, 0.5) is 0 Å². The molecule has 6 heteroatoms. The highest BCUT2D eigenvalue weighted by Crippen LogP contribution is 2.39. The van der Waals surface area contributed by atoms with Crippen molar-refractivity contribution in [2.24, 2.45) is 0 Å². The topological polar surface area (TPSA) is 76.1 Å². The molecule has 1 saturated heterocycles. The fraction of sp³-hybridized carbons (Fsp3) is 0.333. The van der Waals surface area contributed by atoms with E-state index in [4.69, 9.17) is 9.47 Å². The average molecular weight is 409 g/mol. The van der Waals surface area contributed by atoms with Crippen LogP contribution in [0.3, 0.4) is 0 Å². The van der Waals surface area contributed by atoms with Gasteiger partial charge in [0.15, 0.2) is 0 Å². The number of carbonyl (C=O) groups is 2. The predicted octanol–water partition coefficient (Wildman–Crippen LogP) is 3.93. The summed E-state index contributed by atoms with van der Waals surface area (Å²) >= 11 is 0. The van der Waals surface area contributed by atoms with E-state index < -0.39 is 17.7 Å².